The van der Waals surface area contributed by atoms with E-state index < -0.39 is 27.8 Å². The third-order valence-electron chi connectivity index (χ3n) is 2.35. The minimum absolute atomic E-state index is 0.233. The molecule has 1 atom stereocenters. The van der Waals surface area contributed by atoms with Crippen LogP contribution >= 0.6 is 0 Å². The molecule has 0 heterocycles. The Bertz CT molecular complexity index is 527. The zero-order chi connectivity index (χ0) is 14.5. The molecule has 0 amide bonds. The molecule has 19 heavy (non-hydrogen) atoms. The molecule has 0 spiro atoms. The number of hydrogen-bond acceptors (Lipinski definition) is 6. The number of rotatable bonds is 6. The highest BCUT2D eigenvalue weighted by atomic mass is 32.2. The Morgan fingerprint density at radius 3 is 2.53 bits per heavy atom. The molecule has 1 aromatic carbocycles. The zero-order valence-electron chi connectivity index (χ0n) is 10.4. The van der Waals surface area contributed by atoms with Crippen LogP contribution in [0.2, 0.25) is 0 Å². The minimum Gasteiger partial charge on any atom is -0.468 e. The summed E-state index contributed by atoms with van der Waals surface area (Å²) >= 11 is 0. The Morgan fingerprint density at radius 2 is 2.00 bits per heavy atom. The number of esters is 1. The van der Waals surface area contributed by atoms with Crippen molar-refractivity contribution in [3.8, 4) is 0 Å². The van der Waals surface area contributed by atoms with Gasteiger partial charge in [-0.3, -0.25) is 4.79 Å². The normalized spacial score (nSPS) is 12.9. The number of benzene rings is 1. The van der Waals surface area contributed by atoms with Crippen molar-refractivity contribution in [3.05, 3.63) is 29.8 Å². The third kappa shape index (κ3) is 5.25. The van der Waals surface area contributed by atoms with E-state index in [2.05, 4.69) is 9.46 Å². The molecule has 1 unspecified atom stereocenters. The number of sulfonamides is 1. The van der Waals surface area contributed by atoms with E-state index in [1.54, 1.807) is 24.3 Å². The number of nitrogen functional groups attached to an aromatic ring is 1. The lowest BCUT2D eigenvalue weighted by Gasteiger charge is -2.12. The van der Waals surface area contributed by atoms with Crippen LogP contribution in [0.25, 0.3) is 0 Å². The van der Waals surface area contributed by atoms with Gasteiger partial charge in [-0.1, -0.05) is 12.1 Å². The van der Waals surface area contributed by atoms with Crippen molar-refractivity contribution >= 4 is 21.7 Å². The molecular formula is C11H16N2O5S. The number of aliphatic hydroxyl groups is 1. The summed E-state index contributed by atoms with van der Waals surface area (Å²) < 4.78 is 29.3. The first kappa shape index (κ1) is 15.4. The van der Waals surface area contributed by atoms with Crippen molar-refractivity contribution in [3.63, 3.8) is 0 Å². The number of anilines is 1. The van der Waals surface area contributed by atoms with E-state index in [4.69, 9.17) is 5.73 Å². The first-order chi connectivity index (χ1) is 8.84. The molecule has 7 nitrogen and oxygen atoms in total. The van der Waals surface area contributed by atoms with Gasteiger partial charge in [0.25, 0.3) is 0 Å². The molecule has 0 radical (unpaired) electrons. The Morgan fingerprint density at radius 1 is 1.42 bits per heavy atom. The molecule has 0 aliphatic rings. The maximum Gasteiger partial charge on any atom is 0.322 e. The fourth-order valence-corrected chi connectivity index (χ4v) is 2.25. The molecule has 0 saturated heterocycles. The summed E-state index contributed by atoms with van der Waals surface area (Å²) in [5.74, 6) is -1.65. The van der Waals surface area contributed by atoms with Crippen molar-refractivity contribution in [2.75, 3.05) is 25.1 Å². The van der Waals surface area contributed by atoms with Gasteiger partial charge in [0, 0.05) is 12.2 Å². The number of hydrogen-bond donors (Lipinski definition) is 3. The van der Waals surface area contributed by atoms with E-state index in [1.807, 2.05) is 0 Å². The van der Waals surface area contributed by atoms with Crippen LogP contribution in [0.4, 0.5) is 5.69 Å². The third-order valence-corrected chi connectivity index (χ3v) is 3.58. The SMILES string of the molecule is COC(=O)CS(=O)(=O)NCC(O)c1ccc(N)cc1. The van der Waals surface area contributed by atoms with Gasteiger partial charge in [0.05, 0.1) is 13.2 Å². The maximum atomic E-state index is 11.4. The number of ether oxygens (including phenoxy) is 1. The summed E-state index contributed by atoms with van der Waals surface area (Å²) in [7, 11) is -2.72. The predicted molar refractivity (Wildman–Crippen MR) is 69.6 cm³/mol. The van der Waals surface area contributed by atoms with Crippen LogP contribution in [0, 0.1) is 0 Å². The first-order valence-electron chi connectivity index (χ1n) is 5.41. The second-order valence-corrected chi connectivity index (χ2v) is 5.67. The molecule has 0 saturated carbocycles. The predicted octanol–water partition coefficient (Wildman–Crippen LogP) is -0.605. The van der Waals surface area contributed by atoms with Gasteiger partial charge >= 0.3 is 5.97 Å². The molecular weight excluding hydrogens is 272 g/mol. The van der Waals surface area contributed by atoms with Crippen LogP contribution in [0.15, 0.2) is 24.3 Å². The number of carbonyl (C=O) groups is 1. The van der Waals surface area contributed by atoms with Crippen molar-refractivity contribution in [1.82, 2.24) is 4.72 Å². The van der Waals surface area contributed by atoms with Crippen molar-refractivity contribution in [2.24, 2.45) is 0 Å². The molecule has 106 valence electrons. The smallest absolute Gasteiger partial charge is 0.322 e. The van der Waals surface area contributed by atoms with Crippen molar-refractivity contribution in [2.45, 2.75) is 6.10 Å². The van der Waals surface area contributed by atoms with Gasteiger partial charge < -0.3 is 15.6 Å². The Kier molecular flexibility index (Phi) is 5.28. The molecule has 8 heteroatoms. The standard InChI is InChI=1S/C11H16N2O5S/c1-18-11(15)7-19(16,17)13-6-10(14)8-2-4-9(12)5-3-8/h2-5,10,13-14H,6-7,12H2,1H3. The van der Waals surface area contributed by atoms with E-state index in [0.29, 0.717) is 11.3 Å². The van der Waals surface area contributed by atoms with Gasteiger partial charge in [-0.25, -0.2) is 13.1 Å². The fourth-order valence-electron chi connectivity index (χ4n) is 1.31. The summed E-state index contributed by atoms with van der Waals surface area (Å²) in [6.07, 6.45) is -1.02. The van der Waals surface area contributed by atoms with E-state index in [1.165, 1.54) is 0 Å². The van der Waals surface area contributed by atoms with E-state index in [0.717, 1.165) is 7.11 Å². The highest BCUT2D eigenvalue weighted by Crippen LogP contribution is 2.14. The number of methoxy groups -OCH3 is 1. The van der Waals surface area contributed by atoms with Crippen LogP contribution in [-0.4, -0.2) is 38.9 Å². The van der Waals surface area contributed by atoms with Gasteiger partial charge in [0.15, 0.2) is 5.75 Å². The summed E-state index contributed by atoms with van der Waals surface area (Å²) in [5, 5.41) is 9.78. The molecule has 0 fully saturated rings. The first-order valence-corrected chi connectivity index (χ1v) is 7.07. The molecule has 4 N–H and O–H groups in total. The largest absolute Gasteiger partial charge is 0.468 e. The molecule has 0 aliphatic carbocycles. The number of carbonyl (C=O) groups excluding carboxylic acids is 1. The van der Waals surface area contributed by atoms with Crippen LogP contribution in [0.5, 0.6) is 0 Å². The fraction of sp³-hybridized carbons (Fsp3) is 0.364. The topological polar surface area (TPSA) is 119 Å². The summed E-state index contributed by atoms with van der Waals surface area (Å²) in [4.78, 5) is 10.9. The lowest BCUT2D eigenvalue weighted by atomic mass is 10.1. The lowest BCUT2D eigenvalue weighted by Crippen LogP contribution is -2.33. The molecule has 1 rings (SSSR count). The maximum absolute atomic E-state index is 11.4. The summed E-state index contributed by atoms with van der Waals surface area (Å²) in [6.45, 7) is -0.233. The van der Waals surface area contributed by atoms with Gasteiger partial charge in [0.1, 0.15) is 0 Å². The summed E-state index contributed by atoms with van der Waals surface area (Å²) in [6, 6.07) is 6.38. The second kappa shape index (κ2) is 6.50. The summed E-state index contributed by atoms with van der Waals surface area (Å²) in [5.41, 5.74) is 6.56. The van der Waals surface area contributed by atoms with Gasteiger partial charge in [0.2, 0.25) is 10.0 Å². The van der Waals surface area contributed by atoms with Crippen LogP contribution in [0.3, 0.4) is 0 Å². The van der Waals surface area contributed by atoms with E-state index in [9.17, 15) is 18.3 Å². The molecule has 0 bridgehead atoms. The Balaban J connectivity index is 2.56. The minimum atomic E-state index is -3.81. The monoisotopic (exact) mass is 288 g/mol. The Labute approximate surface area is 111 Å². The van der Waals surface area contributed by atoms with Crippen molar-refractivity contribution < 1.29 is 23.1 Å². The van der Waals surface area contributed by atoms with Gasteiger partial charge in [-0.2, -0.15) is 0 Å². The highest BCUT2D eigenvalue weighted by molar-refractivity contribution is 7.90. The molecule has 0 aromatic heterocycles. The molecule has 0 aliphatic heterocycles. The lowest BCUT2D eigenvalue weighted by molar-refractivity contribution is -0.137. The molecule has 1 aromatic rings. The van der Waals surface area contributed by atoms with E-state index >= 15 is 0 Å². The van der Waals surface area contributed by atoms with Gasteiger partial charge in [-0.05, 0) is 17.7 Å². The second-order valence-electron chi connectivity index (χ2n) is 3.87. The van der Waals surface area contributed by atoms with Gasteiger partial charge in [-0.15, -0.1) is 0 Å². The highest BCUT2D eigenvalue weighted by Gasteiger charge is 2.18. The van der Waals surface area contributed by atoms with Crippen LogP contribution < -0.4 is 10.5 Å². The van der Waals surface area contributed by atoms with Crippen molar-refractivity contribution in [1.29, 1.82) is 0 Å². The van der Waals surface area contributed by atoms with Crippen LogP contribution in [-0.2, 0) is 19.6 Å². The Hall–Kier alpha value is -1.64. The zero-order valence-corrected chi connectivity index (χ0v) is 11.2. The number of nitrogens with two attached hydrogens (primary N) is 1. The number of nitrogens with one attached hydrogen (secondary N) is 1. The quantitative estimate of drug-likeness (QED) is 0.475. The average molecular weight is 288 g/mol. The average Bonchev–Trinajstić information content (AvgIpc) is 2.36. The van der Waals surface area contributed by atoms with E-state index in [-0.39, 0.29) is 6.54 Å². The van der Waals surface area contributed by atoms with Crippen LogP contribution in [0.1, 0.15) is 11.7 Å². The number of aliphatic hydroxyl groups excluding tert-OH is 1.